The van der Waals surface area contributed by atoms with E-state index in [0.29, 0.717) is 19.3 Å². The molecule has 11 nitrogen and oxygen atoms in total. The Morgan fingerprint density at radius 3 is 1.52 bits per heavy atom. The highest BCUT2D eigenvalue weighted by atomic mass is 31.2. The Kier molecular flexibility index (Phi) is 37.4. The largest absolute Gasteiger partial charge is 0.472 e. The number of phosphoric acid groups is 1. The van der Waals surface area contributed by atoms with Crippen LogP contribution in [0.1, 0.15) is 149 Å². The standard InChI is InChI=1S/C44H75O11P/c1-3-4-5-6-7-8-9-15-19-22-25-28-31-34-43(48)52-38-42(39-54-56(50,51)53-37-41(47)36-45)55-44(49)35-32-29-26-23-20-17-14-12-10-11-13-16-18-21-24-27-30-33-40(2)46/h10,12-13,16-17,20-21,24,26,29-30,33,40-42,45-47H,3-9,11,14-15,18-19,22-23,25,27-28,31-32,34-39H2,1-2H3,(H,50,51)/b12-10+,16-13+,20-17+,24-21+,29-26+,33-30-. The number of ether oxygens (including phenoxy) is 2. The third-order valence-corrected chi connectivity index (χ3v) is 9.35. The van der Waals surface area contributed by atoms with E-state index in [-0.39, 0.29) is 19.4 Å². The molecule has 0 aliphatic rings. The average Bonchev–Trinajstić information content (AvgIpc) is 3.17. The molecule has 0 amide bonds. The van der Waals surface area contributed by atoms with Gasteiger partial charge in [0.15, 0.2) is 6.10 Å². The maximum atomic E-state index is 12.6. The van der Waals surface area contributed by atoms with Crippen LogP contribution in [0.4, 0.5) is 0 Å². The van der Waals surface area contributed by atoms with Crippen LogP contribution in [0.3, 0.4) is 0 Å². The summed E-state index contributed by atoms with van der Waals surface area (Å²) in [5.74, 6) is -1.04. The maximum Gasteiger partial charge on any atom is 0.472 e. The molecular formula is C44H75O11P. The van der Waals surface area contributed by atoms with Crippen molar-refractivity contribution in [2.24, 2.45) is 0 Å². The van der Waals surface area contributed by atoms with Crippen LogP contribution >= 0.6 is 7.82 Å². The van der Waals surface area contributed by atoms with Gasteiger partial charge in [-0.25, -0.2) is 4.57 Å². The molecule has 4 unspecified atom stereocenters. The van der Waals surface area contributed by atoms with Crippen LogP contribution < -0.4 is 0 Å². The van der Waals surface area contributed by atoms with E-state index < -0.39 is 57.9 Å². The second-order valence-corrected chi connectivity index (χ2v) is 15.4. The summed E-state index contributed by atoms with van der Waals surface area (Å²) >= 11 is 0. The fourth-order valence-corrected chi connectivity index (χ4v) is 6.00. The molecule has 0 heterocycles. The Morgan fingerprint density at radius 2 is 1.04 bits per heavy atom. The molecule has 0 saturated heterocycles. The van der Waals surface area contributed by atoms with Gasteiger partial charge in [-0.15, -0.1) is 0 Å². The number of aliphatic hydroxyl groups excluding tert-OH is 3. The number of carbonyl (C=O) groups is 2. The molecule has 322 valence electrons. The van der Waals surface area contributed by atoms with E-state index in [9.17, 15) is 29.3 Å². The minimum atomic E-state index is -4.64. The number of allylic oxidation sites excluding steroid dienone is 11. The van der Waals surface area contributed by atoms with Crippen LogP contribution in [-0.2, 0) is 32.7 Å². The van der Waals surface area contributed by atoms with Gasteiger partial charge in [0.05, 0.1) is 25.9 Å². The normalized spacial score (nSPS) is 15.2. The minimum Gasteiger partial charge on any atom is -0.462 e. The quantitative estimate of drug-likeness (QED) is 0.0203. The lowest BCUT2D eigenvalue weighted by Gasteiger charge is -2.20. The van der Waals surface area contributed by atoms with Crippen molar-refractivity contribution in [1.82, 2.24) is 0 Å². The molecule has 0 aromatic heterocycles. The predicted octanol–water partition coefficient (Wildman–Crippen LogP) is 9.86. The molecule has 0 bridgehead atoms. The molecule has 4 N–H and O–H groups in total. The van der Waals surface area contributed by atoms with E-state index in [1.165, 1.54) is 57.8 Å². The van der Waals surface area contributed by atoms with Gasteiger partial charge in [0, 0.05) is 12.8 Å². The summed E-state index contributed by atoms with van der Waals surface area (Å²) < 4.78 is 32.6. The fraction of sp³-hybridized carbons (Fsp3) is 0.682. The van der Waals surface area contributed by atoms with Gasteiger partial charge in [-0.2, -0.15) is 0 Å². The second-order valence-electron chi connectivity index (χ2n) is 13.9. The summed E-state index contributed by atoms with van der Waals surface area (Å²) in [5, 5.41) is 27.5. The number of carbonyl (C=O) groups excluding carboxylic acids is 2. The fourth-order valence-electron chi connectivity index (χ4n) is 5.21. The summed E-state index contributed by atoms with van der Waals surface area (Å²) in [7, 11) is -4.64. The molecule has 0 aromatic carbocycles. The number of hydrogen-bond donors (Lipinski definition) is 4. The molecule has 56 heavy (non-hydrogen) atoms. The molecule has 0 fully saturated rings. The van der Waals surface area contributed by atoms with E-state index in [0.717, 1.165) is 44.9 Å². The maximum absolute atomic E-state index is 12.6. The van der Waals surface area contributed by atoms with Crippen LogP contribution in [0, 0.1) is 0 Å². The van der Waals surface area contributed by atoms with Gasteiger partial charge in [0.1, 0.15) is 12.7 Å². The van der Waals surface area contributed by atoms with Crippen molar-refractivity contribution < 1.29 is 52.9 Å². The molecule has 0 aliphatic carbocycles. The molecule has 0 saturated carbocycles. The van der Waals surface area contributed by atoms with E-state index in [2.05, 4.69) is 54.0 Å². The summed E-state index contributed by atoms with van der Waals surface area (Å²) in [6.45, 7) is 1.74. The highest BCUT2D eigenvalue weighted by Gasteiger charge is 2.27. The van der Waals surface area contributed by atoms with Gasteiger partial charge in [0.2, 0.25) is 0 Å². The minimum absolute atomic E-state index is 0.0473. The lowest BCUT2D eigenvalue weighted by molar-refractivity contribution is -0.161. The van der Waals surface area contributed by atoms with Crippen molar-refractivity contribution in [1.29, 1.82) is 0 Å². The van der Waals surface area contributed by atoms with Crippen LogP contribution in [0.25, 0.3) is 0 Å². The molecule has 0 spiro atoms. The second kappa shape index (κ2) is 39.2. The van der Waals surface area contributed by atoms with Gasteiger partial charge in [-0.1, -0.05) is 157 Å². The topological polar surface area (TPSA) is 169 Å². The lowest BCUT2D eigenvalue weighted by Crippen LogP contribution is -2.29. The lowest BCUT2D eigenvalue weighted by atomic mass is 10.0. The van der Waals surface area contributed by atoms with Crippen molar-refractivity contribution in [3.63, 3.8) is 0 Å². The van der Waals surface area contributed by atoms with Crippen LogP contribution in [-0.4, -0.2) is 76.9 Å². The van der Waals surface area contributed by atoms with Gasteiger partial charge in [-0.3, -0.25) is 18.6 Å². The summed E-state index contributed by atoms with van der Waals surface area (Å²) in [4.78, 5) is 34.9. The molecule has 12 heteroatoms. The molecule has 0 aliphatic heterocycles. The van der Waals surface area contributed by atoms with Gasteiger partial charge >= 0.3 is 19.8 Å². The number of hydrogen-bond acceptors (Lipinski definition) is 10. The van der Waals surface area contributed by atoms with Crippen molar-refractivity contribution in [3.8, 4) is 0 Å². The summed E-state index contributed by atoms with van der Waals surface area (Å²) in [6, 6.07) is 0. The molecule has 0 aromatic rings. The first-order valence-electron chi connectivity index (χ1n) is 20.9. The molecule has 0 rings (SSSR count). The van der Waals surface area contributed by atoms with E-state index in [4.69, 9.17) is 19.1 Å². The Labute approximate surface area is 338 Å². The van der Waals surface area contributed by atoms with Gasteiger partial charge < -0.3 is 29.7 Å². The Hall–Kier alpha value is -2.63. The summed E-state index contributed by atoms with van der Waals surface area (Å²) in [5.41, 5.74) is 0. The predicted molar refractivity (Wildman–Crippen MR) is 225 cm³/mol. The van der Waals surface area contributed by atoms with E-state index in [1.807, 2.05) is 24.3 Å². The first-order valence-corrected chi connectivity index (χ1v) is 22.4. The van der Waals surface area contributed by atoms with Crippen LogP contribution in [0.2, 0.25) is 0 Å². The van der Waals surface area contributed by atoms with E-state index in [1.54, 1.807) is 13.0 Å². The Morgan fingerprint density at radius 1 is 0.589 bits per heavy atom. The van der Waals surface area contributed by atoms with Gasteiger partial charge in [-0.05, 0) is 51.9 Å². The zero-order valence-corrected chi connectivity index (χ0v) is 35.3. The zero-order chi connectivity index (χ0) is 41.4. The number of rotatable bonds is 38. The third-order valence-electron chi connectivity index (χ3n) is 8.40. The highest BCUT2D eigenvalue weighted by molar-refractivity contribution is 7.47. The Balaban J connectivity index is 4.46. The number of unbranched alkanes of at least 4 members (excludes halogenated alkanes) is 12. The first kappa shape index (κ1) is 53.4. The van der Waals surface area contributed by atoms with Crippen LogP contribution in [0.15, 0.2) is 72.9 Å². The highest BCUT2D eigenvalue weighted by Crippen LogP contribution is 2.43. The number of aliphatic hydroxyl groups is 3. The first-order chi connectivity index (χ1) is 27.1. The third kappa shape index (κ3) is 39.6. The van der Waals surface area contributed by atoms with Crippen molar-refractivity contribution in [2.75, 3.05) is 26.4 Å². The summed E-state index contributed by atoms with van der Waals surface area (Å²) in [6.07, 6.45) is 41.7. The molecular weight excluding hydrogens is 735 g/mol. The number of esters is 2. The average molecular weight is 811 g/mol. The zero-order valence-electron chi connectivity index (χ0n) is 34.4. The van der Waals surface area contributed by atoms with Crippen molar-refractivity contribution in [3.05, 3.63) is 72.9 Å². The SMILES string of the molecule is CCCCCCCCCCCCCCCC(=O)OCC(COP(=O)(O)OCC(O)CO)OC(=O)CC/C=C/C/C=C/C/C=C/C/C=C/C/C=C/C/C=C\C(C)O. The smallest absolute Gasteiger partial charge is 0.462 e. The van der Waals surface area contributed by atoms with E-state index >= 15 is 0 Å². The molecule has 0 radical (unpaired) electrons. The van der Waals surface area contributed by atoms with Crippen molar-refractivity contribution in [2.45, 2.75) is 167 Å². The van der Waals surface area contributed by atoms with Crippen molar-refractivity contribution >= 4 is 19.8 Å². The number of phosphoric ester groups is 1. The monoisotopic (exact) mass is 811 g/mol. The van der Waals surface area contributed by atoms with Gasteiger partial charge in [0.25, 0.3) is 0 Å². The molecule has 4 atom stereocenters. The Bertz CT molecular complexity index is 1180. The van der Waals surface area contributed by atoms with Crippen LogP contribution in [0.5, 0.6) is 0 Å².